The van der Waals surface area contributed by atoms with Crippen LogP contribution in [0.15, 0.2) is 35.3 Å². The summed E-state index contributed by atoms with van der Waals surface area (Å²) >= 11 is 0. The zero-order valence-corrected chi connectivity index (χ0v) is 19.4. The monoisotopic (exact) mass is 484 g/mol. The van der Waals surface area contributed by atoms with Crippen molar-refractivity contribution in [1.82, 2.24) is 25.4 Å². The number of nitrogens with zero attached hydrogens (tertiary/aromatic N) is 4. The minimum atomic E-state index is 0. The molecule has 0 spiro atoms. The molecule has 1 aromatic carbocycles. The van der Waals surface area contributed by atoms with Gasteiger partial charge >= 0.3 is 0 Å². The number of benzene rings is 1. The van der Waals surface area contributed by atoms with Crippen LogP contribution in [0.2, 0.25) is 0 Å². The van der Waals surface area contributed by atoms with Crippen molar-refractivity contribution in [3.63, 3.8) is 0 Å². The third kappa shape index (κ3) is 7.86. The first-order valence-corrected chi connectivity index (χ1v) is 9.42. The van der Waals surface area contributed by atoms with Crippen molar-refractivity contribution in [2.45, 2.75) is 53.1 Å². The number of guanidine groups is 1. The lowest BCUT2D eigenvalue weighted by Gasteiger charge is -2.19. The molecule has 1 atom stereocenters. The standard InChI is InChI=1S/C20H32N6.HI/c1-15(2)10-9-13-21-20(22-14-19-25-24-17(4)26(19)5)23-16(3)18-11-7-6-8-12-18;/h6-8,11-12,15-16H,9-10,13-14H2,1-5H3,(H2,21,22,23);1H. The zero-order chi connectivity index (χ0) is 18.9. The Balaban J connectivity index is 0.00000364. The van der Waals surface area contributed by atoms with Gasteiger partial charge in [-0.3, -0.25) is 0 Å². The van der Waals surface area contributed by atoms with Crippen LogP contribution >= 0.6 is 24.0 Å². The largest absolute Gasteiger partial charge is 0.356 e. The average molecular weight is 484 g/mol. The van der Waals surface area contributed by atoms with Crippen LogP contribution in [0.1, 0.15) is 56.9 Å². The fraction of sp³-hybridized carbons (Fsp3) is 0.550. The van der Waals surface area contributed by atoms with Gasteiger partial charge in [-0.15, -0.1) is 34.2 Å². The number of halogens is 1. The fourth-order valence-corrected chi connectivity index (χ4v) is 2.64. The molecule has 0 amide bonds. The third-order valence-electron chi connectivity index (χ3n) is 4.46. The molecular formula is C20H33IN6. The van der Waals surface area contributed by atoms with Crippen molar-refractivity contribution in [1.29, 1.82) is 0 Å². The SMILES string of the molecule is Cc1nnc(CN=C(NCCCC(C)C)NC(C)c2ccccc2)n1C.I. The highest BCUT2D eigenvalue weighted by molar-refractivity contribution is 14.0. The highest BCUT2D eigenvalue weighted by Crippen LogP contribution is 2.11. The van der Waals surface area contributed by atoms with Gasteiger partial charge in [0.05, 0.1) is 6.04 Å². The number of aliphatic imine (C=N–C) groups is 1. The molecule has 0 aliphatic carbocycles. The fourth-order valence-electron chi connectivity index (χ4n) is 2.64. The molecule has 0 saturated carbocycles. The second-order valence-corrected chi connectivity index (χ2v) is 7.13. The second-order valence-electron chi connectivity index (χ2n) is 7.13. The molecular weight excluding hydrogens is 451 g/mol. The molecule has 0 bridgehead atoms. The van der Waals surface area contributed by atoms with Gasteiger partial charge in [-0.2, -0.15) is 0 Å². The molecule has 2 N–H and O–H groups in total. The molecule has 7 heteroatoms. The van der Waals surface area contributed by atoms with Crippen LogP contribution in [-0.4, -0.2) is 27.3 Å². The van der Waals surface area contributed by atoms with E-state index in [1.54, 1.807) is 0 Å². The predicted molar refractivity (Wildman–Crippen MR) is 122 cm³/mol. The van der Waals surface area contributed by atoms with E-state index in [-0.39, 0.29) is 30.0 Å². The van der Waals surface area contributed by atoms with Gasteiger partial charge in [0.1, 0.15) is 12.4 Å². The topological polar surface area (TPSA) is 67.1 Å². The predicted octanol–water partition coefficient (Wildman–Crippen LogP) is 3.97. The van der Waals surface area contributed by atoms with Crippen molar-refractivity contribution in [3.05, 3.63) is 47.5 Å². The molecule has 0 saturated heterocycles. The van der Waals surface area contributed by atoms with Gasteiger partial charge in [0, 0.05) is 13.6 Å². The molecule has 0 fully saturated rings. The second kappa shape index (κ2) is 11.9. The van der Waals surface area contributed by atoms with Crippen molar-refractivity contribution in [3.8, 4) is 0 Å². The molecule has 0 radical (unpaired) electrons. The Hall–Kier alpha value is -1.64. The third-order valence-corrected chi connectivity index (χ3v) is 4.46. The molecule has 1 unspecified atom stereocenters. The molecule has 2 aromatic rings. The van der Waals surface area contributed by atoms with Crippen molar-refractivity contribution < 1.29 is 0 Å². The van der Waals surface area contributed by atoms with Crippen LogP contribution in [0.4, 0.5) is 0 Å². The van der Waals surface area contributed by atoms with Crippen LogP contribution in [0, 0.1) is 12.8 Å². The van der Waals surface area contributed by atoms with E-state index in [1.807, 2.05) is 24.6 Å². The van der Waals surface area contributed by atoms with Gasteiger partial charge in [-0.25, -0.2) is 4.99 Å². The number of rotatable bonds is 8. The molecule has 6 nitrogen and oxygen atoms in total. The summed E-state index contributed by atoms with van der Waals surface area (Å²) in [6.07, 6.45) is 2.33. The lowest BCUT2D eigenvalue weighted by atomic mass is 10.1. The number of hydrogen-bond donors (Lipinski definition) is 2. The van der Waals surface area contributed by atoms with Gasteiger partial charge in [-0.05, 0) is 38.2 Å². The Kier molecular flexibility index (Phi) is 10.4. The van der Waals surface area contributed by atoms with Gasteiger partial charge < -0.3 is 15.2 Å². The maximum atomic E-state index is 4.72. The Bertz CT molecular complexity index is 696. The Morgan fingerprint density at radius 2 is 1.85 bits per heavy atom. The van der Waals surface area contributed by atoms with Crippen molar-refractivity contribution >= 4 is 29.9 Å². The number of aryl methyl sites for hydroxylation is 1. The quantitative estimate of drug-likeness (QED) is 0.258. The van der Waals surface area contributed by atoms with Gasteiger partial charge in [-0.1, -0.05) is 44.2 Å². The maximum absolute atomic E-state index is 4.72. The Morgan fingerprint density at radius 3 is 2.44 bits per heavy atom. The van der Waals surface area contributed by atoms with Crippen molar-refractivity contribution in [2.24, 2.45) is 18.0 Å². The average Bonchev–Trinajstić information content (AvgIpc) is 2.95. The first kappa shape index (κ1) is 23.4. The number of hydrogen-bond acceptors (Lipinski definition) is 3. The highest BCUT2D eigenvalue weighted by Gasteiger charge is 2.09. The van der Waals surface area contributed by atoms with Gasteiger partial charge in [0.25, 0.3) is 0 Å². The molecule has 150 valence electrons. The maximum Gasteiger partial charge on any atom is 0.192 e. The lowest BCUT2D eigenvalue weighted by molar-refractivity contribution is 0.547. The van der Waals surface area contributed by atoms with Crippen LogP contribution < -0.4 is 10.6 Å². The molecule has 27 heavy (non-hydrogen) atoms. The summed E-state index contributed by atoms with van der Waals surface area (Å²) < 4.78 is 1.97. The molecule has 0 aliphatic heterocycles. The minimum absolute atomic E-state index is 0. The normalized spacial score (nSPS) is 12.6. The first-order valence-electron chi connectivity index (χ1n) is 9.42. The summed E-state index contributed by atoms with van der Waals surface area (Å²) in [4.78, 5) is 4.72. The lowest BCUT2D eigenvalue weighted by Crippen LogP contribution is -2.39. The minimum Gasteiger partial charge on any atom is -0.356 e. The molecule has 1 aromatic heterocycles. The van der Waals surface area contributed by atoms with E-state index >= 15 is 0 Å². The van der Waals surface area contributed by atoms with E-state index in [9.17, 15) is 0 Å². The summed E-state index contributed by atoms with van der Waals surface area (Å²) in [5.41, 5.74) is 1.23. The van der Waals surface area contributed by atoms with E-state index in [0.29, 0.717) is 6.54 Å². The molecule has 0 aliphatic rings. The van der Waals surface area contributed by atoms with E-state index in [1.165, 1.54) is 12.0 Å². The smallest absolute Gasteiger partial charge is 0.192 e. The van der Waals surface area contributed by atoms with E-state index in [2.05, 4.69) is 65.9 Å². The van der Waals surface area contributed by atoms with E-state index in [4.69, 9.17) is 4.99 Å². The summed E-state index contributed by atoms with van der Waals surface area (Å²) in [7, 11) is 1.97. The summed E-state index contributed by atoms with van der Waals surface area (Å²) in [6.45, 7) is 10.00. The molecule has 2 rings (SSSR count). The highest BCUT2D eigenvalue weighted by atomic mass is 127. The van der Waals surface area contributed by atoms with E-state index < -0.39 is 0 Å². The van der Waals surface area contributed by atoms with Crippen LogP contribution in [0.3, 0.4) is 0 Å². The van der Waals surface area contributed by atoms with Crippen molar-refractivity contribution in [2.75, 3.05) is 6.54 Å². The number of nitrogens with one attached hydrogen (secondary N) is 2. The summed E-state index contributed by atoms with van der Waals surface area (Å²) in [5, 5.41) is 15.2. The summed E-state index contributed by atoms with van der Waals surface area (Å²) in [6, 6.07) is 10.6. The van der Waals surface area contributed by atoms with Gasteiger partial charge in [0.15, 0.2) is 11.8 Å². The zero-order valence-electron chi connectivity index (χ0n) is 17.1. The van der Waals surface area contributed by atoms with Crippen LogP contribution in [0.25, 0.3) is 0 Å². The van der Waals surface area contributed by atoms with E-state index in [0.717, 1.165) is 36.5 Å². The number of aromatic nitrogens is 3. The van der Waals surface area contributed by atoms with Gasteiger partial charge in [0.2, 0.25) is 0 Å². The summed E-state index contributed by atoms with van der Waals surface area (Å²) in [5.74, 6) is 3.28. The van der Waals surface area contributed by atoms with Crippen LogP contribution in [0.5, 0.6) is 0 Å². The Labute approximate surface area is 180 Å². The first-order chi connectivity index (χ1) is 12.5. The Morgan fingerprint density at radius 1 is 1.15 bits per heavy atom. The van der Waals surface area contributed by atoms with Crippen LogP contribution in [-0.2, 0) is 13.6 Å². The molecule has 1 heterocycles.